The summed E-state index contributed by atoms with van der Waals surface area (Å²) in [4.78, 5) is 0. The summed E-state index contributed by atoms with van der Waals surface area (Å²) >= 11 is 5.94. The zero-order valence-corrected chi connectivity index (χ0v) is 11.7. The van der Waals surface area contributed by atoms with E-state index in [9.17, 15) is 8.42 Å². The van der Waals surface area contributed by atoms with E-state index in [1.54, 1.807) is 39.1 Å². The second-order valence-corrected chi connectivity index (χ2v) is 6.43. The van der Waals surface area contributed by atoms with Crippen LogP contribution in [0.15, 0.2) is 18.2 Å². The van der Waals surface area contributed by atoms with Crippen molar-refractivity contribution in [2.45, 2.75) is 19.1 Å². The van der Waals surface area contributed by atoms with Gasteiger partial charge in [0, 0.05) is 11.6 Å². The monoisotopic (exact) mass is 276 g/mol. The molecule has 0 radical (unpaired) electrons. The Morgan fingerprint density at radius 2 is 2.06 bits per heavy atom. The second-order valence-electron chi connectivity index (χ2n) is 3.93. The molecule has 6 heteroatoms. The van der Waals surface area contributed by atoms with Gasteiger partial charge in [-0.3, -0.25) is 4.72 Å². The fourth-order valence-corrected chi connectivity index (χ4v) is 2.66. The number of nitrogens with one attached hydrogen (secondary N) is 2. The van der Waals surface area contributed by atoms with Crippen LogP contribution in [-0.4, -0.2) is 27.3 Å². The van der Waals surface area contributed by atoms with Gasteiger partial charge in [-0.1, -0.05) is 17.7 Å². The van der Waals surface area contributed by atoms with Crippen LogP contribution >= 0.6 is 11.6 Å². The van der Waals surface area contributed by atoms with Crippen LogP contribution in [0.2, 0.25) is 5.02 Å². The van der Waals surface area contributed by atoms with Crippen molar-refractivity contribution >= 4 is 27.3 Å². The van der Waals surface area contributed by atoms with Gasteiger partial charge < -0.3 is 5.32 Å². The highest BCUT2D eigenvalue weighted by Crippen LogP contribution is 2.24. The molecule has 0 spiro atoms. The Labute approximate surface area is 107 Å². The van der Waals surface area contributed by atoms with Gasteiger partial charge in [-0.15, -0.1) is 0 Å². The normalized spacial score (nSPS) is 13.4. The summed E-state index contributed by atoms with van der Waals surface area (Å²) in [5.74, 6) is 0. The molecular formula is C11H17ClN2O2S. The lowest BCUT2D eigenvalue weighted by Gasteiger charge is -2.16. The second kappa shape index (κ2) is 5.71. The van der Waals surface area contributed by atoms with Crippen LogP contribution in [0.4, 0.5) is 5.69 Å². The van der Waals surface area contributed by atoms with E-state index >= 15 is 0 Å². The average Bonchev–Trinajstić information content (AvgIpc) is 2.25. The smallest absolute Gasteiger partial charge is 0.236 e. The van der Waals surface area contributed by atoms with Crippen LogP contribution in [0.25, 0.3) is 0 Å². The molecule has 1 atom stereocenters. The van der Waals surface area contributed by atoms with Gasteiger partial charge in [0.05, 0.1) is 10.9 Å². The minimum atomic E-state index is -3.39. The van der Waals surface area contributed by atoms with Crippen molar-refractivity contribution in [3.8, 4) is 0 Å². The molecule has 1 unspecified atom stereocenters. The van der Waals surface area contributed by atoms with Crippen LogP contribution in [0.5, 0.6) is 0 Å². The van der Waals surface area contributed by atoms with Gasteiger partial charge in [0.2, 0.25) is 10.0 Å². The molecule has 0 aliphatic carbocycles. The van der Waals surface area contributed by atoms with Crippen LogP contribution < -0.4 is 10.0 Å². The van der Waals surface area contributed by atoms with Crippen LogP contribution in [0.1, 0.15) is 12.5 Å². The lowest BCUT2D eigenvalue weighted by Crippen LogP contribution is -2.33. The number of anilines is 1. The van der Waals surface area contributed by atoms with Crippen LogP contribution in [0.3, 0.4) is 0 Å². The number of sulfonamides is 1. The molecule has 0 fully saturated rings. The van der Waals surface area contributed by atoms with Crippen molar-refractivity contribution in [3.63, 3.8) is 0 Å². The molecule has 0 amide bonds. The number of benzene rings is 1. The topological polar surface area (TPSA) is 58.2 Å². The fourth-order valence-electron chi connectivity index (χ4n) is 1.37. The SMILES string of the molecule is CNCC(C)S(=O)(=O)Nc1cccc(Cl)c1C. The highest BCUT2D eigenvalue weighted by Gasteiger charge is 2.20. The lowest BCUT2D eigenvalue weighted by atomic mass is 10.2. The molecule has 0 aromatic heterocycles. The van der Waals surface area contributed by atoms with Crippen LogP contribution in [0, 0.1) is 6.92 Å². The van der Waals surface area contributed by atoms with E-state index in [-0.39, 0.29) is 0 Å². The summed E-state index contributed by atoms with van der Waals surface area (Å²) in [6, 6.07) is 5.15. The minimum absolute atomic E-state index is 0.398. The standard InChI is InChI=1S/C11H17ClN2O2S/c1-8(7-13-3)17(15,16)14-11-6-4-5-10(12)9(11)2/h4-6,8,13-14H,7H2,1-3H3. The van der Waals surface area contributed by atoms with Gasteiger partial charge in [-0.25, -0.2) is 8.42 Å². The molecule has 0 saturated carbocycles. The number of halogens is 1. The molecule has 1 aromatic rings. The molecule has 0 aliphatic heterocycles. The Morgan fingerprint density at radius 1 is 1.41 bits per heavy atom. The van der Waals surface area contributed by atoms with Crippen molar-refractivity contribution in [1.29, 1.82) is 0 Å². The maximum Gasteiger partial charge on any atom is 0.236 e. The zero-order chi connectivity index (χ0) is 13.1. The summed E-state index contributed by atoms with van der Waals surface area (Å²) < 4.78 is 26.5. The van der Waals surface area contributed by atoms with Gasteiger partial charge in [0.15, 0.2) is 0 Å². The van der Waals surface area contributed by atoms with E-state index in [4.69, 9.17) is 11.6 Å². The third-order valence-corrected chi connectivity index (χ3v) is 4.68. The van der Waals surface area contributed by atoms with Crippen molar-refractivity contribution in [2.75, 3.05) is 18.3 Å². The first-order valence-corrected chi connectivity index (χ1v) is 7.22. The minimum Gasteiger partial charge on any atom is -0.318 e. The molecule has 96 valence electrons. The first-order valence-electron chi connectivity index (χ1n) is 5.30. The van der Waals surface area contributed by atoms with Gasteiger partial charge in [0.25, 0.3) is 0 Å². The first kappa shape index (κ1) is 14.3. The summed E-state index contributed by atoms with van der Waals surface area (Å²) in [6.07, 6.45) is 0. The predicted octanol–water partition coefficient (Wildman–Crippen LogP) is 2.00. The summed E-state index contributed by atoms with van der Waals surface area (Å²) in [7, 11) is -1.67. The van der Waals surface area contributed by atoms with Gasteiger partial charge in [-0.05, 0) is 38.6 Å². The summed E-state index contributed by atoms with van der Waals surface area (Å²) in [5, 5.41) is 2.88. The van der Waals surface area contributed by atoms with Crippen molar-refractivity contribution in [2.24, 2.45) is 0 Å². The molecule has 0 bridgehead atoms. The van der Waals surface area contributed by atoms with Crippen molar-refractivity contribution in [1.82, 2.24) is 5.32 Å². The first-order chi connectivity index (χ1) is 7.88. The highest BCUT2D eigenvalue weighted by atomic mass is 35.5. The van der Waals surface area contributed by atoms with E-state index < -0.39 is 15.3 Å². The average molecular weight is 277 g/mol. The molecular weight excluding hydrogens is 260 g/mol. The van der Waals surface area contributed by atoms with E-state index in [2.05, 4.69) is 10.0 Å². The highest BCUT2D eigenvalue weighted by molar-refractivity contribution is 7.93. The Bertz CT molecular complexity index is 488. The molecule has 0 saturated heterocycles. The molecule has 1 rings (SSSR count). The molecule has 0 aliphatic rings. The van der Waals surface area contributed by atoms with Gasteiger partial charge in [-0.2, -0.15) is 0 Å². The predicted molar refractivity (Wildman–Crippen MR) is 72.1 cm³/mol. The van der Waals surface area contributed by atoms with E-state index in [1.165, 1.54) is 0 Å². The van der Waals surface area contributed by atoms with E-state index in [0.717, 1.165) is 5.56 Å². The van der Waals surface area contributed by atoms with Gasteiger partial charge in [0.1, 0.15) is 0 Å². The van der Waals surface area contributed by atoms with Crippen LogP contribution in [-0.2, 0) is 10.0 Å². The number of hydrogen-bond acceptors (Lipinski definition) is 3. The van der Waals surface area contributed by atoms with E-state index in [0.29, 0.717) is 17.3 Å². The molecule has 2 N–H and O–H groups in total. The molecule has 0 heterocycles. The maximum atomic E-state index is 12.0. The molecule has 4 nitrogen and oxygen atoms in total. The summed E-state index contributed by atoms with van der Waals surface area (Å²) in [5.41, 5.74) is 1.26. The summed E-state index contributed by atoms with van der Waals surface area (Å²) in [6.45, 7) is 3.83. The number of hydrogen-bond donors (Lipinski definition) is 2. The lowest BCUT2D eigenvalue weighted by molar-refractivity contribution is 0.583. The zero-order valence-electron chi connectivity index (χ0n) is 10.1. The molecule has 17 heavy (non-hydrogen) atoms. The largest absolute Gasteiger partial charge is 0.318 e. The maximum absolute atomic E-state index is 12.0. The van der Waals surface area contributed by atoms with Gasteiger partial charge >= 0.3 is 0 Å². The Hall–Kier alpha value is -0.780. The quantitative estimate of drug-likeness (QED) is 0.865. The Kier molecular flexibility index (Phi) is 4.80. The van der Waals surface area contributed by atoms with E-state index in [1.807, 2.05) is 0 Å². The molecule has 1 aromatic carbocycles. The third kappa shape index (κ3) is 3.59. The number of rotatable bonds is 5. The fraction of sp³-hybridized carbons (Fsp3) is 0.455. The third-order valence-electron chi connectivity index (χ3n) is 2.54. The van der Waals surface area contributed by atoms with Crippen molar-refractivity contribution < 1.29 is 8.42 Å². The van der Waals surface area contributed by atoms with Crippen molar-refractivity contribution in [3.05, 3.63) is 28.8 Å². The Balaban J connectivity index is 2.94. The Morgan fingerprint density at radius 3 is 2.65 bits per heavy atom.